The molecule has 3 atom stereocenters. The Balaban J connectivity index is 1.61. The van der Waals surface area contributed by atoms with Crippen LogP contribution in [-0.2, 0) is 4.74 Å². The maximum Gasteiger partial charge on any atom is 0.407 e. The predicted molar refractivity (Wildman–Crippen MR) is 84.5 cm³/mol. The molecule has 1 amide bonds. The summed E-state index contributed by atoms with van der Waals surface area (Å²) in [7, 11) is 0. The molecule has 2 aliphatic rings. The van der Waals surface area contributed by atoms with Gasteiger partial charge in [-0.05, 0) is 66.5 Å². The first kappa shape index (κ1) is 16.6. The van der Waals surface area contributed by atoms with Crippen LogP contribution in [0.5, 0.6) is 0 Å². The third kappa shape index (κ3) is 5.15. The van der Waals surface area contributed by atoms with Gasteiger partial charge in [0.1, 0.15) is 5.60 Å². The first-order chi connectivity index (χ1) is 9.85. The minimum Gasteiger partial charge on any atom is -0.444 e. The van der Waals surface area contributed by atoms with Crippen molar-refractivity contribution in [1.29, 1.82) is 0 Å². The van der Waals surface area contributed by atoms with Crippen LogP contribution in [0.3, 0.4) is 0 Å². The van der Waals surface area contributed by atoms with Crippen molar-refractivity contribution in [2.45, 2.75) is 77.1 Å². The number of ether oxygens (including phenoxy) is 1. The second-order valence-electron chi connectivity index (χ2n) is 7.43. The van der Waals surface area contributed by atoms with E-state index in [0.717, 1.165) is 19.0 Å². The summed E-state index contributed by atoms with van der Waals surface area (Å²) in [4.78, 5) is 14.3. The Hall–Kier alpha value is -0.810. The molecular weight excluding hydrogens is 266 g/mol. The third-order valence-corrected chi connectivity index (χ3v) is 4.35. The highest BCUT2D eigenvalue weighted by Crippen LogP contribution is 2.27. The molecule has 3 unspecified atom stereocenters. The molecule has 0 aliphatic carbocycles. The molecule has 0 aromatic carbocycles. The molecule has 2 aliphatic heterocycles. The van der Waals surface area contributed by atoms with Gasteiger partial charge in [-0.2, -0.15) is 0 Å². The van der Waals surface area contributed by atoms with E-state index in [0.29, 0.717) is 6.04 Å². The quantitative estimate of drug-likeness (QED) is 0.816. The zero-order chi connectivity index (χ0) is 15.5. The molecule has 122 valence electrons. The predicted octanol–water partition coefficient (Wildman–Crippen LogP) is 2.12. The monoisotopic (exact) mass is 297 g/mol. The zero-order valence-electron chi connectivity index (χ0n) is 13.9. The lowest BCUT2D eigenvalue weighted by atomic mass is 10.1. The topological polar surface area (TPSA) is 53.6 Å². The Morgan fingerprint density at radius 1 is 1.33 bits per heavy atom. The molecule has 2 saturated heterocycles. The van der Waals surface area contributed by atoms with Gasteiger partial charge in [-0.15, -0.1) is 0 Å². The van der Waals surface area contributed by atoms with Crippen molar-refractivity contribution in [3.8, 4) is 0 Å². The summed E-state index contributed by atoms with van der Waals surface area (Å²) in [5, 5.41) is 6.57. The van der Waals surface area contributed by atoms with Crippen LogP contribution in [0.1, 0.15) is 53.4 Å². The molecule has 2 heterocycles. The van der Waals surface area contributed by atoms with Gasteiger partial charge in [0.2, 0.25) is 0 Å². The standard InChI is InChI=1S/C16H31N3O2/c1-12(18-15(20)21-16(2,3)4)7-9-17-13-8-11-19-10-5-6-14(13)19/h12-14,17H,5-11H2,1-4H3,(H,18,20). The highest BCUT2D eigenvalue weighted by molar-refractivity contribution is 5.67. The van der Waals surface area contributed by atoms with E-state index >= 15 is 0 Å². The van der Waals surface area contributed by atoms with E-state index in [1.165, 1.54) is 32.4 Å². The van der Waals surface area contributed by atoms with Gasteiger partial charge in [0.15, 0.2) is 0 Å². The van der Waals surface area contributed by atoms with Gasteiger partial charge in [0.05, 0.1) is 0 Å². The van der Waals surface area contributed by atoms with E-state index in [2.05, 4.69) is 15.5 Å². The highest BCUT2D eigenvalue weighted by Gasteiger charge is 2.36. The first-order valence-corrected chi connectivity index (χ1v) is 8.32. The van der Waals surface area contributed by atoms with Crippen LogP contribution in [0.4, 0.5) is 4.79 Å². The van der Waals surface area contributed by atoms with Crippen molar-refractivity contribution in [1.82, 2.24) is 15.5 Å². The smallest absolute Gasteiger partial charge is 0.407 e. The molecular formula is C16H31N3O2. The fourth-order valence-corrected chi connectivity index (χ4v) is 3.39. The van der Waals surface area contributed by atoms with Gasteiger partial charge in [0, 0.05) is 24.7 Å². The molecule has 21 heavy (non-hydrogen) atoms. The van der Waals surface area contributed by atoms with E-state index < -0.39 is 5.60 Å². The molecule has 0 radical (unpaired) electrons. The molecule has 2 fully saturated rings. The summed E-state index contributed by atoms with van der Waals surface area (Å²) in [6, 6.07) is 1.52. The van der Waals surface area contributed by atoms with Crippen LogP contribution in [0.2, 0.25) is 0 Å². The number of carbonyl (C=O) groups is 1. The van der Waals surface area contributed by atoms with Crippen molar-refractivity contribution >= 4 is 6.09 Å². The fourth-order valence-electron chi connectivity index (χ4n) is 3.39. The summed E-state index contributed by atoms with van der Waals surface area (Å²) >= 11 is 0. The van der Waals surface area contributed by atoms with E-state index in [9.17, 15) is 4.79 Å². The van der Waals surface area contributed by atoms with E-state index in [1.54, 1.807) is 0 Å². The Labute approximate surface area is 128 Å². The minimum atomic E-state index is -0.433. The molecule has 0 aromatic rings. The van der Waals surface area contributed by atoms with Crippen molar-refractivity contribution < 1.29 is 9.53 Å². The number of fused-ring (bicyclic) bond motifs is 1. The molecule has 0 aromatic heterocycles. The highest BCUT2D eigenvalue weighted by atomic mass is 16.6. The molecule has 2 rings (SSSR count). The number of hydrogen-bond acceptors (Lipinski definition) is 4. The summed E-state index contributed by atoms with van der Waals surface area (Å²) in [6.07, 6.45) is 4.56. The second-order valence-corrected chi connectivity index (χ2v) is 7.43. The normalized spacial score (nSPS) is 27.4. The average molecular weight is 297 g/mol. The second kappa shape index (κ2) is 6.97. The minimum absolute atomic E-state index is 0.133. The van der Waals surface area contributed by atoms with Gasteiger partial charge >= 0.3 is 6.09 Å². The lowest BCUT2D eigenvalue weighted by molar-refractivity contribution is 0.0506. The summed E-state index contributed by atoms with van der Waals surface area (Å²) < 4.78 is 5.27. The fraction of sp³-hybridized carbons (Fsp3) is 0.938. The van der Waals surface area contributed by atoms with E-state index in [-0.39, 0.29) is 12.1 Å². The van der Waals surface area contributed by atoms with E-state index in [4.69, 9.17) is 4.74 Å². The van der Waals surface area contributed by atoms with Gasteiger partial charge in [-0.25, -0.2) is 4.79 Å². The summed E-state index contributed by atoms with van der Waals surface area (Å²) in [5.41, 5.74) is -0.433. The Bertz CT molecular complexity index is 354. The van der Waals surface area contributed by atoms with Gasteiger partial charge in [-0.3, -0.25) is 4.90 Å². The lowest BCUT2D eigenvalue weighted by Gasteiger charge is -2.24. The van der Waals surface area contributed by atoms with Gasteiger partial charge in [0.25, 0.3) is 0 Å². The lowest BCUT2D eigenvalue weighted by Crippen LogP contribution is -2.42. The molecule has 5 nitrogen and oxygen atoms in total. The molecule has 0 bridgehead atoms. The van der Waals surface area contributed by atoms with Crippen LogP contribution in [0, 0.1) is 0 Å². The number of hydrogen-bond donors (Lipinski definition) is 2. The van der Waals surface area contributed by atoms with Crippen molar-refractivity contribution in [2.75, 3.05) is 19.6 Å². The zero-order valence-corrected chi connectivity index (χ0v) is 13.9. The number of rotatable bonds is 5. The largest absolute Gasteiger partial charge is 0.444 e. The maximum atomic E-state index is 11.7. The van der Waals surface area contributed by atoms with Gasteiger partial charge < -0.3 is 15.4 Å². The third-order valence-electron chi connectivity index (χ3n) is 4.35. The van der Waals surface area contributed by atoms with Crippen molar-refractivity contribution in [3.05, 3.63) is 0 Å². The Morgan fingerprint density at radius 2 is 2.10 bits per heavy atom. The SMILES string of the molecule is CC(CCNC1CCN2CCCC12)NC(=O)OC(C)(C)C. The summed E-state index contributed by atoms with van der Waals surface area (Å²) in [6.45, 7) is 11.1. The number of nitrogens with one attached hydrogen (secondary N) is 2. The van der Waals surface area contributed by atoms with Crippen LogP contribution in [0.15, 0.2) is 0 Å². The van der Waals surface area contributed by atoms with E-state index in [1.807, 2.05) is 27.7 Å². The van der Waals surface area contributed by atoms with Crippen LogP contribution < -0.4 is 10.6 Å². The molecule has 0 saturated carbocycles. The maximum absolute atomic E-state index is 11.7. The summed E-state index contributed by atoms with van der Waals surface area (Å²) in [5.74, 6) is 0. The average Bonchev–Trinajstić information content (AvgIpc) is 2.90. The number of amides is 1. The number of carbonyl (C=O) groups excluding carboxylic acids is 1. The van der Waals surface area contributed by atoms with Gasteiger partial charge in [-0.1, -0.05) is 0 Å². The number of nitrogens with zero attached hydrogens (tertiary/aromatic N) is 1. The number of alkyl carbamates (subject to hydrolysis) is 1. The Morgan fingerprint density at radius 3 is 2.81 bits per heavy atom. The first-order valence-electron chi connectivity index (χ1n) is 8.32. The molecule has 2 N–H and O–H groups in total. The van der Waals surface area contributed by atoms with Crippen molar-refractivity contribution in [3.63, 3.8) is 0 Å². The van der Waals surface area contributed by atoms with Crippen LogP contribution >= 0.6 is 0 Å². The van der Waals surface area contributed by atoms with Crippen molar-refractivity contribution in [2.24, 2.45) is 0 Å². The van der Waals surface area contributed by atoms with Crippen LogP contribution in [-0.4, -0.2) is 54.4 Å². The van der Waals surface area contributed by atoms with Crippen LogP contribution in [0.25, 0.3) is 0 Å². The Kier molecular flexibility index (Phi) is 5.49. The molecule has 5 heteroatoms. The molecule has 0 spiro atoms.